The summed E-state index contributed by atoms with van der Waals surface area (Å²) in [6.07, 6.45) is 1.64. The lowest BCUT2D eigenvalue weighted by molar-refractivity contribution is -0.114. The topological polar surface area (TPSA) is 87.3 Å². The Morgan fingerprint density at radius 1 is 0.833 bits per heavy atom. The molecule has 9 heteroatoms. The smallest absolute Gasteiger partial charge is 0.272 e. The molecule has 0 aliphatic carbocycles. The van der Waals surface area contributed by atoms with Crippen molar-refractivity contribution in [2.75, 3.05) is 16.4 Å². The maximum atomic E-state index is 13.4. The molecule has 0 aliphatic heterocycles. The number of halogens is 2. The number of hydrogen-bond acceptors (Lipinski definition) is 4. The first kappa shape index (κ1) is 30.9. The van der Waals surface area contributed by atoms with Gasteiger partial charge in [-0.25, -0.2) is 0 Å². The van der Waals surface area contributed by atoms with Crippen LogP contribution in [0.1, 0.15) is 41.3 Å². The van der Waals surface area contributed by atoms with Crippen LogP contribution in [0.2, 0.25) is 10.0 Å². The zero-order valence-corrected chi connectivity index (χ0v) is 25.3. The molecule has 0 radical (unpaired) electrons. The van der Waals surface area contributed by atoms with Crippen molar-refractivity contribution in [2.45, 2.75) is 24.7 Å². The molecule has 0 fully saturated rings. The Balaban J connectivity index is 1.46. The molecule has 0 aliphatic rings. The third-order valence-corrected chi connectivity index (χ3v) is 7.65. The van der Waals surface area contributed by atoms with Crippen LogP contribution < -0.4 is 16.0 Å². The van der Waals surface area contributed by atoms with Crippen LogP contribution in [0.3, 0.4) is 0 Å². The molecule has 3 amide bonds. The van der Waals surface area contributed by atoms with Crippen molar-refractivity contribution in [3.05, 3.63) is 129 Å². The molecule has 4 aromatic rings. The molecule has 4 rings (SSSR count). The van der Waals surface area contributed by atoms with Gasteiger partial charge in [0.1, 0.15) is 5.70 Å². The minimum atomic E-state index is -0.482. The van der Waals surface area contributed by atoms with Gasteiger partial charge in [-0.15, -0.1) is 11.8 Å². The van der Waals surface area contributed by atoms with Gasteiger partial charge in [0.25, 0.3) is 11.8 Å². The van der Waals surface area contributed by atoms with Gasteiger partial charge in [-0.3, -0.25) is 14.4 Å². The molecule has 6 nitrogen and oxygen atoms in total. The fraction of sp³-hybridized carbons (Fsp3) is 0.121. The maximum Gasteiger partial charge on any atom is 0.272 e. The highest BCUT2D eigenvalue weighted by molar-refractivity contribution is 8.00. The van der Waals surface area contributed by atoms with Crippen molar-refractivity contribution in [1.82, 2.24) is 5.32 Å². The summed E-state index contributed by atoms with van der Waals surface area (Å²) in [4.78, 5) is 39.6. The molecule has 0 saturated carbocycles. The lowest BCUT2D eigenvalue weighted by Gasteiger charge is -2.13. The Morgan fingerprint density at radius 2 is 1.57 bits per heavy atom. The number of rotatable bonds is 10. The van der Waals surface area contributed by atoms with E-state index in [9.17, 15) is 14.4 Å². The molecule has 3 N–H and O–H groups in total. The fourth-order valence-corrected chi connectivity index (χ4v) is 5.09. The van der Waals surface area contributed by atoms with Crippen molar-refractivity contribution < 1.29 is 14.4 Å². The van der Waals surface area contributed by atoms with Crippen LogP contribution in [0.4, 0.5) is 11.4 Å². The van der Waals surface area contributed by atoms with Crippen LogP contribution in [-0.2, 0) is 9.59 Å². The van der Waals surface area contributed by atoms with Crippen LogP contribution in [0.5, 0.6) is 0 Å². The summed E-state index contributed by atoms with van der Waals surface area (Å²) in [5.41, 5.74) is 3.46. The van der Waals surface area contributed by atoms with E-state index in [-0.39, 0.29) is 17.4 Å². The van der Waals surface area contributed by atoms with Gasteiger partial charge >= 0.3 is 0 Å². The SMILES string of the molecule is CC(C)c1ccc(/C=C(/NC(=O)c2ccccc2)C(=O)Nc2cccc(SCC(=O)Nc3ccc(Cl)cc3Cl)c2)cc1. The monoisotopic (exact) mass is 617 g/mol. The highest BCUT2D eigenvalue weighted by Crippen LogP contribution is 2.27. The van der Waals surface area contributed by atoms with E-state index in [0.29, 0.717) is 32.9 Å². The van der Waals surface area contributed by atoms with E-state index in [2.05, 4.69) is 29.8 Å². The van der Waals surface area contributed by atoms with E-state index in [0.717, 1.165) is 10.5 Å². The van der Waals surface area contributed by atoms with Crippen LogP contribution in [0, 0.1) is 0 Å². The number of nitrogens with one attached hydrogen (secondary N) is 3. The van der Waals surface area contributed by atoms with Crippen molar-refractivity contribution in [3.63, 3.8) is 0 Å². The molecule has 0 atom stereocenters. The minimum absolute atomic E-state index is 0.0958. The average molecular weight is 619 g/mol. The molecule has 0 saturated heterocycles. The van der Waals surface area contributed by atoms with Crippen LogP contribution in [-0.4, -0.2) is 23.5 Å². The van der Waals surface area contributed by atoms with E-state index in [1.807, 2.05) is 36.4 Å². The zero-order valence-electron chi connectivity index (χ0n) is 23.0. The largest absolute Gasteiger partial charge is 0.324 e. The van der Waals surface area contributed by atoms with Gasteiger partial charge < -0.3 is 16.0 Å². The van der Waals surface area contributed by atoms with Crippen molar-refractivity contribution in [3.8, 4) is 0 Å². The molecule has 0 aromatic heterocycles. The molecule has 42 heavy (non-hydrogen) atoms. The summed E-state index contributed by atoms with van der Waals surface area (Å²) in [5, 5.41) is 9.22. The highest BCUT2D eigenvalue weighted by atomic mass is 35.5. The van der Waals surface area contributed by atoms with E-state index in [1.54, 1.807) is 66.7 Å². The minimum Gasteiger partial charge on any atom is -0.324 e. The molecule has 0 unspecified atom stereocenters. The first-order valence-corrected chi connectivity index (χ1v) is 14.9. The van der Waals surface area contributed by atoms with Gasteiger partial charge in [0.2, 0.25) is 5.91 Å². The molecule has 0 heterocycles. The van der Waals surface area contributed by atoms with Crippen molar-refractivity contribution >= 4 is 70.1 Å². The number of benzene rings is 4. The molecular weight excluding hydrogens is 589 g/mol. The number of hydrogen-bond donors (Lipinski definition) is 3. The normalized spacial score (nSPS) is 11.2. The Hall–Kier alpha value is -4.04. The summed E-state index contributed by atoms with van der Waals surface area (Å²) in [6.45, 7) is 4.22. The third-order valence-electron chi connectivity index (χ3n) is 6.11. The average Bonchev–Trinajstić information content (AvgIpc) is 2.98. The Morgan fingerprint density at radius 3 is 2.26 bits per heavy atom. The van der Waals surface area contributed by atoms with Crippen LogP contribution in [0.25, 0.3) is 6.08 Å². The first-order valence-electron chi connectivity index (χ1n) is 13.1. The standard InChI is InChI=1S/C33H29Cl2N3O3S/c1-21(2)23-13-11-22(12-14-23)17-30(38-32(40)24-7-4-3-5-8-24)33(41)36-26-9-6-10-27(19-26)42-20-31(39)37-29-16-15-25(34)18-28(29)35/h3-19,21H,20H2,1-2H3,(H,36,41)(H,37,39)(H,38,40)/b30-17+. The molecule has 4 aromatic carbocycles. The summed E-state index contributed by atoms with van der Waals surface area (Å²) >= 11 is 13.4. The summed E-state index contributed by atoms with van der Waals surface area (Å²) < 4.78 is 0. The number of carbonyl (C=O) groups excluding carboxylic acids is 3. The van der Waals surface area contributed by atoms with Crippen molar-refractivity contribution in [1.29, 1.82) is 0 Å². The summed E-state index contributed by atoms with van der Waals surface area (Å²) in [7, 11) is 0. The number of carbonyl (C=O) groups is 3. The predicted octanol–water partition coefficient (Wildman–Crippen LogP) is 8.26. The Labute approximate surface area is 259 Å². The van der Waals surface area contributed by atoms with Gasteiger partial charge in [0.15, 0.2) is 0 Å². The number of amides is 3. The third kappa shape index (κ3) is 8.98. The second-order valence-electron chi connectivity index (χ2n) is 9.64. The Bertz CT molecular complexity index is 1610. The first-order chi connectivity index (χ1) is 20.2. The molecule has 0 spiro atoms. The van der Waals surface area contributed by atoms with Gasteiger partial charge in [0, 0.05) is 21.2 Å². The second kappa shape index (κ2) is 14.7. The van der Waals surface area contributed by atoms with Crippen LogP contribution >= 0.6 is 35.0 Å². The van der Waals surface area contributed by atoms with E-state index < -0.39 is 11.8 Å². The second-order valence-corrected chi connectivity index (χ2v) is 11.5. The van der Waals surface area contributed by atoms with Crippen molar-refractivity contribution in [2.24, 2.45) is 0 Å². The summed E-state index contributed by atoms with van der Waals surface area (Å²) in [6, 6.07) is 28.5. The lowest BCUT2D eigenvalue weighted by atomic mass is 10.0. The zero-order chi connectivity index (χ0) is 30.1. The quantitative estimate of drug-likeness (QED) is 0.123. The van der Waals surface area contributed by atoms with Gasteiger partial charge in [-0.05, 0) is 71.7 Å². The van der Waals surface area contributed by atoms with E-state index in [4.69, 9.17) is 23.2 Å². The highest BCUT2D eigenvalue weighted by Gasteiger charge is 2.16. The fourth-order valence-electron chi connectivity index (χ4n) is 3.87. The predicted molar refractivity (Wildman–Crippen MR) is 173 cm³/mol. The maximum absolute atomic E-state index is 13.4. The van der Waals surface area contributed by atoms with Crippen LogP contribution in [0.15, 0.2) is 108 Å². The van der Waals surface area contributed by atoms with E-state index >= 15 is 0 Å². The van der Waals surface area contributed by atoms with Gasteiger partial charge in [0.05, 0.1) is 16.5 Å². The van der Waals surface area contributed by atoms with Gasteiger partial charge in [-0.2, -0.15) is 0 Å². The number of thioether (sulfide) groups is 1. The Kier molecular flexibility index (Phi) is 10.8. The lowest BCUT2D eigenvalue weighted by Crippen LogP contribution is -2.30. The summed E-state index contributed by atoms with van der Waals surface area (Å²) in [5.74, 6) is -0.622. The molecular formula is C33H29Cl2N3O3S. The van der Waals surface area contributed by atoms with E-state index in [1.165, 1.54) is 17.3 Å². The number of anilines is 2. The van der Waals surface area contributed by atoms with Gasteiger partial charge in [-0.1, -0.05) is 85.6 Å². The molecule has 214 valence electrons. The molecule has 0 bridgehead atoms.